The molecule has 0 bridgehead atoms. The molecule has 0 aromatic rings. The van der Waals surface area contributed by atoms with Crippen LogP contribution in [0.3, 0.4) is 0 Å². The van der Waals surface area contributed by atoms with Gasteiger partial charge >= 0.3 is 39.6 Å². The van der Waals surface area contributed by atoms with Crippen molar-refractivity contribution in [3.8, 4) is 0 Å². The minimum absolute atomic E-state index is 0.722. The zero-order valence-electron chi connectivity index (χ0n) is 3.14. The molecule has 0 radical (unpaired) electrons. The van der Waals surface area contributed by atoms with Crippen LogP contribution in [0.5, 0.6) is 0 Å². The Balaban J connectivity index is 2.19. The maximum atomic E-state index is 4.32. The van der Waals surface area contributed by atoms with Crippen molar-refractivity contribution in [3.63, 3.8) is 0 Å². The third kappa shape index (κ3) is 4.45. The van der Waals surface area contributed by atoms with Gasteiger partial charge in [-0.15, -0.1) is 0 Å². The molecule has 0 aliphatic heterocycles. The van der Waals surface area contributed by atoms with Gasteiger partial charge in [0.2, 0.25) is 0 Å². The fourth-order valence-corrected chi connectivity index (χ4v) is 0.266. The summed E-state index contributed by atoms with van der Waals surface area (Å²) in [4.78, 5) is 0. The van der Waals surface area contributed by atoms with E-state index in [1.54, 1.807) is 0 Å². The molecule has 0 saturated heterocycles. The summed E-state index contributed by atoms with van der Waals surface area (Å²) in [5.74, 6) is 0. The minimum atomic E-state index is 0.722. The van der Waals surface area contributed by atoms with E-state index >= 15 is 0 Å². The molecule has 0 heterocycles. The second kappa shape index (κ2) is 4.45. The van der Waals surface area contributed by atoms with Crippen LogP contribution < -0.4 is 0 Å². The molecule has 2 heteroatoms. The van der Waals surface area contributed by atoms with Crippen molar-refractivity contribution in [1.29, 1.82) is 0 Å². The first-order chi connectivity index (χ1) is 2.41. The molecule has 5 heavy (non-hydrogen) atoms. The molecule has 0 saturated carbocycles. The van der Waals surface area contributed by atoms with Crippen LogP contribution in [0, 0.1) is 0 Å². The second-order valence-electron chi connectivity index (χ2n) is 0.795. The summed E-state index contributed by atoms with van der Waals surface area (Å²) in [5, 5.41) is 0. The van der Waals surface area contributed by atoms with Crippen LogP contribution >= 0.6 is 0 Å². The molecular formula is C3H7NiO. The van der Waals surface area contributed by atoms with Gasteiger partial charge in [-0.3, -0.25) is 0 Å². The molecule has 0 unspecified atom stereocenters. The van der Waals surface area contributed by atoms with Crippen molar-refractivity contribution in [1.82, 2.24) is 0 Å². The number of hydrogen-bond donors (Lipinski definition) is 0. The van der Waals surface area contributed by atoms with E-state index in [4.69, 9.17) is 0 Å². The first-order valence-corrected chi connectivity index (χ1v) is 2.03. The Labute approximate surface area is 40.4 Å². The Morgan fingerprint density at radius 2 is 2.40 bits per heavy atom. The fourth-order valence-electron chi connectivity index (χ4n) is 0.0645. The molecule has 0 aliphatic carbocycles. The molecule has 0 N–H and O–H groups in total. The van der Waals surface area contributed by atoms with Crippen LogP contribution in [0.25, 0.3) is 0 Å². The Morgan fingerprint density at radius 3 is 2.40 bits per heavy atom. The standard InChI is InChI=1S/C3H7O.Ni/c1-2-3-4;/h2-3H2,1H3;/q-1;+1. The van der Waals surface area contributed by atoms with Crippen LogP contribution in [-0.4, -0.2) is 6.61 Å². The molecule has 1 nitrogen and oxygen atoms in total. The van der Waals surface area contributed by atoms with Crippen molar-refractivity contribution in [2.45, 2.75) is 13.3 Å². The van der Waals surface area contributed by atoms with E-state index in [-0.39, 0.29) is 0 Å². The number of rotatable bonds is 2. The van der Waals surface area contributed by atoms with Crippen molar-refractivity contribution in [3.05, 3.63) is 0 Å². The molecule has 0 aromatic carbocycles. The SMILES string of the molecule is CCC[O][Ni]. The molecule has 0 spiro atoms. The van der Waals surface area contributed by atoms with E-state index in [2.05, 4.69) is 19.7 Å². The Morgan fingerprint density at radius 1 is 1.80 bits per heavy atom. The van der Waals surface area contributed by atoms with Crippen LogP contribution in [0.2, 0.25) is 0 Å². The summed E-state index contributed by atoms with van der Waals surface area (Å²) >= 11 is 3.91. The van der Waals surface area contributed by atoms with Gasteiger partial charge in [-0.1, -0.05) is 0 Å². The van der Waals surface area contributed by atoms with Gasteiger partial charge in [-0.2, -0.15) is 0 Å². The molecule has 0 rings (SSSR count). The molecule has 0 fully saturated rings. The third-order valence-corrected chi connectivity index (χ3v) is 0.470. The first kappa shape index (κ1) is 5.45. The molecule has 0 aliphatic rings. The van der Waals surface area contributed by atoms with Gasteiger partial charge in [-0.25, -0.2) is 0 Å². The summed E-state index contributed by atoms with van der Waals surface area (Å²) in [6.07, 6.45) is 1.03. The Hall–Kier alpha value is 0.454. The molecular weight excluding hydrogens is 111 g/mol. The van der Waals surface area contributed by atoms with Gasteiger partial charge in [0.15, 0.2) is 0 Å². The van der Waals surface area contributed by atoms with E-state index in [9.17, 15) is 0 Å². The monoisotopic (exact) mass is 117 g/mol. The van der Waals surface area contributed by atoms with E-state index in [1.807, 2.05) is 6.92 Å². The van der Waals surface area contributed by atoms with Crippen LogP contribution in [0.4, 0.5) is 0 Å². The predicted molar refractivity (Wildman–Crippen MR) is 16.2 cm³/mol. The molecule has 35 valence electrons. The van der Waals surface area contributed by atoms with Crippen LogP contribution in [0.1, 0.15) is 13.3 Å². The Bertz CT molecular complexity index is 14.4. The summed E-state index contributed by atoms with van der Waals surface area (Å²) in [6, 6.07) is 0. The van der Waals surface area contributed by atoms with Crippen LogP contribution in [0.15, 0.2) is 0 Å². The van der Waals surface area contributed by atoms with Crippen molar-refractivity contribution >= 4 is 0 Å². The molecule has 0 aromatic heterocycles. The summed E-state index contributed by atoms with van der Waals surface area (Å²) in [5.41, 5.74) is 0. The average Bonchev–Trinajstić information content (AvgIpc) is 1.41. The maximum absolute atomic E-state index is 4.32. The third-order valence-electron chi connectivity index (χ3n) is 0.269. The van der Waals surface area contributed by atoms with E-state index in [0.29, 0.717) is 0 Å². The van der Waals surface area contributed by atoms with E-state index in [1.165, 1.54) is 0 Å². The average molecular weight is 118 g/mol. The van der Waals surface area contributed by atoms with Gasteiger partial charge in [0.1, 0.15) is 0 Å². The normalized spacial score (nSPS) is 8.60. The van der Waals surface area contributed by atoms with Gasteiger partial charge in [-0.05, 0) is 0 Å². The summed E-state index contributed by atoms with van der Waals surface area (Å²) < 4.78 is 4.32. The summed E-state index contributed by atoms with van der Waals surface area (Å²) in [7, 11) is 0. The second-order valence-corrected chi connectivity index (χ2v) is 1.08. The van der Waals surface area contributed by atoms with Crippen molar-refractivity contribution in [2.75, 3.05) is 6.61 Å². The van der Waals surface area contributed by atoms with Gasteiger partial charge in [0.05, 0.1) is 0 Å². The summed E-state index contributed by atoms with van der Waals surface area (Å²) in [6.45, 7) is 2.75. The van der Waals surface area contributed by atoms with Crippen molar-refractivity contribution < 1.29 is 19.7 Å². The van der Waals surface area contributed by atoms with Crippen LogP contribution in [-0.2, 0) is 19.7 Å². The predicted octanol–water partition coefficient (Wildman–Crippen LogP) is 0.875. The molecule has 0 amide bonds. The number of hydrogen-bond acceptors (Lipinski definition) is 1. The zero-order chi connectivity index (χ0) is 4.12. The Kier molecular flexibility index (Phi) is 4.86. The quantitative estimate of drug-likeness (QED) is 0.488. The van der Waals surface area contributed by atoms with Gasteiger partial charge in [0, 0.05) is 0 Å². The van der Waals surface area contributed by atoms with Gasteiger partial charge in [0.25, 0.3) is 0 Å². The topological polar surface area (TPSA) is 9.23 Å². The molecule has 0 atom stereocenters. The van der Waals surface area contributed by atoms with E-state index in [0.717, 1.165) is 13.0 Å². The van der Waals surface area contributed by atoms with E-state index < -0.39 is 0 Å². The zero-order valence-corrected chi connectivity index (χ0v) is 4.13. The van der Waals surface area contributed by atoms with Crippen molar-refractivity contribution in [2.24, 2.45) is 0 Å². The first-order valence-electron chi connectivity index (χ1n) is 1.62. The van der Waals surface area contributed by atoms with Gasteiger partial charge < -0.3 is 0 Å². The fraction of sp³-hybridized carbons (Fsp3) is 1.00.